The molecule has 0 saturated carbocycles. The number of piperazine rings is 1. The number of hydrogen-bond acceptors (Lipinski definition) is 6. The van der Waals surface area contributed by atoms with Crippen molar-refractivity contribution in [1.82, 2.24) is 9.80 Å². The van der Waals surface area contributed by atoms with Gasteiger partial charge in [-0.15, -0.1) is 0 Å². The van der Waals surface area contributed by atoms with Gasteiger partial charge in [-0.05, 0) is 36.3 Å². The summed E-state index contributed by atoms with van der Waals surface area (Å²) in [5.74, 6) is 1.55. The van der Waals surface area contributed by atoms with Crippen molar-refractivity contribution in [2.45, 2.75) is 12.5 Å². The smallest absolute Gasteiger partial charge is 0.246 e. The summed E-state index contributed by atoms with van der Waals surface area (Å²) in [5.41, 5.74) is 0.747. The Morgan fingerprint density at radius 3 is 2.12 bits per heavy atom. The second kappa shape index (κ2) is 10.5. The first-order valence-corrected chi connectivity index (χ1v) is 10.6. The highest BCUT2D eigenvalue weighted by Gasteiger charge is 2.28. The van der Waals surface area contributed by atoms with E-state index in [4.69, 9.17) is 14.2 Å². The molecule has 1 saturated heterocycles. The van der Waals surface area contributed by atoms with Gasteiger partial charge in [-0.3, -0.25) is 9.69 Å². The van der Waals surface area contributed by atoms with Crippen molar-refractivity contribution < 1.29 is 24.1 Å². The fraction of sp³-hybridized carbons (Fsp3) is 0.400. The Kier molecular flexibility index (Phi) is 7.77. The van der Waals surface area contributed by atoms with Gasteiger partial charge in [0.1, 0.15) is 0 Å². The normalized spacial score (nSPS) is 16.6. The number of amides is 1. The van der Waals surface area contributed by atoms with Crippen molar-refractivity contribution in [3.05, 3.63) is 59.7 Å². The molecule has 32 heavy (non-hydrogen) atoms. The number of aliphatic hydroxyl groups is 1. The average molecular weight is 441 g/mol. The van der Waals surface area contributed by atoms with E-state index in [9.17, 15) is 9.90 Å². The molecule has 1 unspecified atom stereocenters. The Balaban J connectivity index is 1.58. The van der Waals surface area contributed by atoms with Crippen LogP contribution in [0.3, 0.4) is 0 Å². The minimum absolute atomic E-state index is 0.0479. The van der Waals surface area contributed by atoms with Crippen LogP contribution in [0.2, 0.25) is 0 Å². The summed E-state index contributed by atoms with van der Waals surface area (Å²) >= 11 is 0. The molecule has 2 aromatic carbocycles. The molecule has 3 rings (SSSR count). The molecular formula is C25H32N2O5. The maximum atomic E-state index is 12.7. The Labute approximate surface area is 189 Å². The zero-order valence-electron chi connectivity index (χ0n) is 19.2. The number of methoxy groups -OCH3 is 3. The SMILES string of the molecule is COc1cc(/C=C/C(=O)N2CCN(CC(C)(O)c3ccccc3)CC2)cc(OC)c1OC. The van der Waals surface area contributed by atoms with E-state index in [1.807, 2.05) is 42.2 Å². The number of β-amino-alcohol motifs (C(OH)–C–C–N with tert-alkyl or cyclic N) is 1. The van der Waals surface area contributed by atoms with Crippen molar-refractivity contribution in [1.29, 1.82) is 0 Å². The van der Waals surface area contributed by atoms with E-state index >= 15 is 0 Å². The summed E-state index contributed by atoms with van der Waals surface area (Å²) in [4.78, 5) is 16.7. The van der Waals surface area contributed by atoms with E-state index in [1.165, 1.54) is 0 Å². The number of ether oxygens (including phenoxy) is 3. The number of carbonyl (C=O) groups is 1. The number of benzene rings is 2. The fourth-order valence-electron chi connectivity index (χ4n) is 3.92. The first-order valence-electron chi connectivity index (χ1n) is 10.6. The molecule has 2 aromatic rings. The van der Waals surface area contributed by atoms with E-state index in [2.05, 4.69) is 4.90 Å². The second-order valence-electron chi connectivity index (χ2n) is 8.03. The molecule has 1 heterocycles. The lowest BCUT2D eigenvalue weighted by molar-refractivity contribution is -0.128. The fourth-order valence-corrected chi connectivity index (χ4v) is 3.92. The maximum absolute atomic E-state index is 12.7. The van der Waals surface area contributed by atoms with Crippen molar-refractivity contribution in [2.75, 3.05) is 54.1 Å². The van der Waals surface area contributed by atoms with E-state index < -0.39 is 5.60 Å². The molecule has 1 atom stereocenters. The highest BCUT2D eigenvalue weighted by atomic mass is 16.5. The van der Waals surface area contributed by atoms with Gasteiger partial charge in [-0.25, -0.2) is 0 Å². The molecule has 7 heteroatoms. The zero-order valence-corrected chi connectivity index (χ0v) is 19.2. The Hall–Kier alpha value is -3.03. The summed E-state index contributed by atoms with van der Waals surface area (Å²) in [6.45, 7) is 5.02. The molecule has 172 valence electrons. The third-order valence-electron chi connectivity index (χ3n) is 5.72. The van der Waals surface area contributed by atoms with Crippen LogP contribution < -0.4 is 14.2 Å². The van der Waals surface area contributed by atoms with Gasteiger partial charge < -0.3 is 24.2 Å². The Morgan fingerprint density at radius 1 is 1.00 bits per heavy atom. The minimum Gasteiger partial charge on any atom is -0.493 e. The maximum Gasteiger partial charge on any atom is 0.246 e. The molecule has 7 nitrogen and oxygen atoms in total. The van der Waals surface area contributed by atoms with Crippen LogP contribution in [0.4, 0.5) is 0 Å². The summed E-state index contributed by atoms with van der Waals surface area (Å²) < 4.78 is 16.1. The van der Waals surface area contributed by atoms with Crippen molar-refractivity contribution in [3.8, 4) is 17.2 Å². The lowest BCUT2D eigenvalue weighted by Gasteiger charge is -2.38. The third kappa shape index (κ3) is 5.60. The molecule has 0 aliphatic carbocycles. The molecule has 0 spiro atoms. The highest BCUT2D eigenvalue weighted by molar-refractivity contribution is 5.92. The molecule has 1 N–H and O–H groups in total. The van der Waals surface area contributed by atoms with E-state index in [0.29, 0.717) is 50.0 Å². The molecule has 0 radical (unpaired) electrons. The van der Waals surface area contributed by atoms with Crippen LogP contribution in [-0.4, -0.2) is 74.9 Å². The van der Waals surface area contributed by atoms with Crippen LogP contribution >= 0.6 is 0 Å². The first-order chi connectivity index (χ1) is 15.4. The summed E-state index contributed by atoms with van der Waals surface area (Å²) in [5, 5.41) is 10.9. The molecule has 1 fully saturated rings. The Bertz CT molecular complexity index is 910. The van der Waals surface area contributed by atoms with Gasteiger partial charge in [0.05, 0.1) is 26.9 Å². The summed E-state index contributed by atoms with van der Waals surface area (Å²) in [7, 11) is 4.67. The standard InChI is InChI=1S/C25H32N2O5/c1-25(29,20-8-6-5-7-9-20)18-26-12-14-27(15-13-26)23(28)11-10-19-16-21(30-2)24(32-4)22(17-19)31-3/h5-11,16-17,29H,12-15,18H2,1-4H3/b11-10+. The van der Waals surface area contributed by atoms with Crippen LogP contribution in [0.15, 0.2) is 48.5 Å². The van der Waals surface area contributed by atoms with Crippen LogP contribution in [0.1, 0.15) is 18.1 Å². The molecule has 1 aliphatic rings. The molecular weight excluding hydrogens is 408 g/mol. The van der Waals surface area contributed by atoms with Gasteiger partial charge in [-0.1, -0.05) is 30.3 Å². The van der Waals surface area contributed by atoms with Crippen LogP contribution in [0.5, 0.6) is 17.2 Å². The average Bonchev–Trinajstić information content (AvgIpc) is 2.82. The molecule has 1 aliphatic heterocycles. The number of rotatable bonds is 8. The number of carbonyl (C=O) groups excluding carboxylic acids is 1. The van der Waals surface area contributed by atoms with Crippen molar-refractivity contribution in [3.63, 3.8) is 0 Å². The number of nitrogens with zero attached hydrogens (tertiary/aromatic N) is 2. The lowest BCUT2D eigenvalue weighted by atomic mass is 9.95. The predicted octanol–water partition coefficient (Wildman–Crippen LogP) is 2.78. The van der Waals surface area contributed by atoms with Crippen LogP contribution in [0, 0.1) is 0 Å². The Morgan fingerprint density at radius 2 is 1.59 bits per heavy atom. The predicted molar refractivity (Wildman–Crippen MR) is 124 cm³/mol. The minimum atomic E-state index is -0.931. The summed E-state index contributed by atoms with van der Waals surface area (Å²) in [6, 6.07) is 13.3. The third-order valence-corrected chi connectivity index (χ3v) is 5.72. The monoisotopic (exact) mass is 440 g/mol. The van der Waals surface area contributed by atoms with Crippen LogP contribution in [0.25, 0.3) is 6.08 Å². The van der Waals surface area contributed by atoms with Gasteiger partial charge in [-0.2, -0.15) is 0 Å². The van der Waals surface area contributed by atoms with Gasteiger partial charge in [0.25, 0.3) is 0 Å². The molecule has 0 bridgehead atoms. The van der Waals surface area contributed by atoms with Gasteiger partial charge in [0.15, 0.2) is 11.5 Å². The lowest BCUT2D eigenvalue weighted by Crippen LogP contribution is -2.51. The number of hydrogen-bond donors (Lipinski definition) is 1. The van der Waals surface area contributed by atoms with E-state index in [-0.39, 0.29) is 5.91 Å². The van der Waals surface area contributed by atoms with Crippen molar-refractivity contribution in [2.24, 2.45) is 0 Å². The topological polar surface area (TPSA) is 71.5 Å². The van der Waals surface area contributed by atoms with Gasteiger partial charge >= 0.3 is 0 Å². The highest BCUT2D eigenvalue weighted by Crippen LogP contribution is 2.38. The largest absolute Gasteiger partial charge is 0.493 e. The van der Waals surface area contributed by atoms with Gasteiger partial charge in [0.2, 0.25) is 11.7 Å². The van der Waals surface area contributed by atoms with E-state index in [0.717, 1.165) is 11.1 Å². The first kappa shape index (κ1) is 23.6. The van der Waals surface area contributed by atoms with Crippen LogP contribution in [-0.2, 0) is 10.4 Å². The molecule has 1 amide bonds. The zero-order chi connectivity index (χ0) is 23.1. The van der Waals surface area contributed by atoms with E-state index in [1.54, 1.807) is 45.6 Å². The van der Waals surface area contributed by atoms with Crippen molar-refractivity contribution >= 4 is 12.0 Å². The molecule has 0 aromatic heterocycles. The quantitative estimate of drug-likeness (QED) is 0.637. The second-order valence-corrected chi connectivity index (χ2v) is 8.03. The summed E-state index contributed by atoms with van der Waals surface area (Å²) in [6.07, 6.45) is 3.32. The van der Waals surface area contributed by atoms with Gasteiger partial charge in [0, 0.05) is 38.8 Å².